The maximum atomic E-state index is 12.4. The van der Waals surface area contributed by atoms with Crippen LogP contribution in [0, 0.1) is 0 Å². The molecule has 2 aromatic rings. The van der Waals surface area contributed by atoms with E-state index in [1.165, 1.54) is 6.92 Å². The van der Waals surface area contributed by atoms with Crippen LogP contribution in [0.4, 0.5) is 17.1 Å². The van der Waals surface area contributed by atoms with Crippen molar-refractivity contribution in [1.29, 1.82) is 0 Å². The van der Waals surface area contributed by atoms with Crippen LogP contribution in [-0.2, 0) is 16.0 Å². The van der Waals surface area contributed by atoms with E-state index < -0.39 is 6.10 Å². The zero-order valence-corrected chi connectivity index (χ0v) is 14.0. The minimum Gasteiger partial charge on any atom is -0.391 e. The summed E-state index contributed by atoms with van der Waals surface area (Å²) in [6.07, 6.45) is 0.137. The number of nitrogens with zero attached hydrogens (tertiary/aromatic N) is 1. The summed E-state index contributed by atoms with van der Waals surface area (Å²) in [6.45, 7) is 2.05. The molecule has 0 aliphatic carbocycles. The van der Waals surface area contributed by atoms with E-state index >= 15 is 0 Å². The molecule has 3 N–H and O–H groups in total. The number of hydrogen-bond acceptors (Lipinski definition) is 4. The van der Waals surface area contributed by atoms with Gasteiger partial charge in [0, 0.05) is 37.0 Å². The van der Waals surface area contributed by atoms with Gasteiger partial charge in [-0.2, -0.15) is 0 Å². The van der Waals surface area contributed by atoms with Gasteiger partial charge >= 0.3 is 0 Å². The molecule has 1 aliphatic rings. The van der Waals surface area contributed by atoms with Crippen molar-refractivity contribution in [2.24, 2.45) is 0 Å². The van der Waals surface area contributed by atoms with Crippen LogP contribution in [0.15, 0.2) is 48.5 Å². The van der Waals surface area contributed by atoms with Gasteiger partial charge in [0.2, 0.25) is 11.8 Å². The van der Waals surface area contributed by atoms with Crippen LogP contribution in [0.1, 0.15) is 12.5 Å². The van der Waals surface area contributed by atoms with Crippen LogP contribution in [-0.4, -0.2) is 36.1 Å². The summed E-state index contributed by atoms with van der Waals surface area (Å²) in [5.41, 5.74) is 3.38. The van der Waals surface area contributed by atoms with Crippen molar-refractivity contribution < 1.29 is 14.7 Å². The van der Waals surface area contributed by atoms with E-state index in [1.807, 2.05) is 29.2 Å². The van der Waals surface area contributed by atoms with Gasteiger partial charge in [0.05, 0.1) is 12.6 Å². The molecule has 3 rings (SSSR count). The largest absolute Gasteiger partial charge is 0.391 e. The minimum atomic E-state index is -0.473. The molecular formula is C19H21N3O3. The number of amides is 2. The zero-order chi connectivity index (χ0) is 17.8. The van der Waals surface area contributed by atoms with Gasteiger partial charge in [-0.25, -0.2) is 0 Å². The number of carbonyl (C=O) groups excluding carboxylic acids is 2. The van der Waals surface area contributed by atoms with E-state index in [2.05, 4.69) is 10.6 Å². The number of para-hydroxylation sites is 1. The molecule has 130 valence electrons. The van der Waals surface area contributed by atoms with E-state index in [0.29, 0.717) is 24.3 Å². The second-order valence-electron chi connectivity index (χ2n) is 6.17. The molecule has 0 spiro atoms. The lowest BCUT2D eigenvalue weighted by atomic mass is 10.00. The van der Waals surface area contributed by atoms with Crippen molar-refractivity contribution in [2.75, 3.05) is 28.6 Å². The minimum absolute atomic E-state index is 0.140. The van der Waals surface area contributed by atoms with Gasteiger partial charge < -0.3 is 20.6 Å². The fourth-order valence-electron chi connectivity index (χ4n) is 3.03. The molecule has 0 saturated heterocycles. The molecule has 0 bridgehead atoms. The lowest BCUT2D eigenvalue weighted by molar-refractivity contribution is -0.115. The molecule has 0 saturated carbocycles. The Morgan fingerprint density at radius 2 is 1.72 bits per heavy atom. The normalized spacial score (nSPS) is 16.1. The van der Waals surface area contributed by atoms with Crippen molar-refractivity contribution in [2.45, 2.75) is 19.4 Å². The first kappa shape index (κ1) is 17.0. The molecular weight excluding hydrogens is 318 g/mol. The Morgan fingerprint density at radius 1 is 1.08 bits per heavy atom. The van der Waals surface area contributed by atoms with Crippen LogP contribution < -0.4 is 15.5 Å². The topological polar surface area (TPSA) is 81.7 Å². The molecule has 25 heavy (non-hydrogen) atoms. The van der Waals surface area contributed by atoms with Gasteiger partial charge in [-0.3, -0.25) is 9.59 Å². The number of fused-ring (bicyclic) bond motifs is 1. The maximum absolute atomic E-state index is 12.4. The number of nitrogens with one attached hydrogen (secondary N) is 2. The van der Waals surface area contributed by atoms with Gasteiger partial charge in [0.25, 0.3) is 0 Å². The Balaban J connectivity index is 1.64. The summed E-state index contributed by atoms with van der Waals surface area (Å²) >= 11 is 0. The highest BCUT2D eigenvalue weighted by Gasteiger charge is 2.24. The summed E-state index contributed by atoms with van der Waals surface area (Å²) in [6, 6.07) is 14.8. The second-order valence-corrected chi connectivity index (χ2v) is 6.17. The smallest absolute Gasteiger partial charge is 0.243 e. The standard InChI is InChI=1S/C19H21N3O3/c1-13(23)20-15-6-8-16(9-7-15)21-19(25)12-22-11-17(24)10-14-4-2-3-5-18(14)22/h2-9,17,24H,10-12H2,1H3,(H,20,23)(H,21,25). The summed E-state index contributed by atoms with van der Waals surface area (Å²) < 4.78 is 0. The van der Waals surface area contributed by atoms with E-state index in [1.54, 1.807) is 24.3 Å². The predicted octanol–water partition coefficient (Wildman–Crippen LogP) is 2.01. The van der Waals surface area contributed by atoms with Crippen LogP contribution >= 0.6 is 0 Å². The molecule has 1 atom stereocenters. The summed E-state index contributed by atoms with van der Waals surface area (Å²) in [7, 11) is 0. The first-order valence-electron chi connectivity index (χ1n) is 8.19. The van der Waals surface area contributed by atoms with Gasteiger partial charge in [0.15, 0.2) is 0 Å². The molecule has 6 nitrogen and oxygen atoms in total. The van der Waals surface area contributed by atoms with Crippen LogP contribution in [0.3, 0.4) is 0 Å². The summed E-state index contributed by atoms with van der Waals surface area (Å²) in [4.78, 5) is 25.3. The zero-order valence-electron chi connectivity index (χ0n) is 14.0. The second kappa shape index (κ2) is 7.36. The third-order valence-corrected chi connectivity index (χ3v) is 4.04. The lowest BCUT2D eigenvalue weighted by Crippen LogP contribution is -2.42. The first-order valence-corrected chi connectivity index (χ1v) is 8.19. The highest BCUT2D eigenvalue weighted by Crippen LogP contribution is 2.26. The van der Waals surface area contributed by atoms with Crippen molar-refractivity contribution in [3.63, 3.8) is 0 Å². The average Bonchev–Trinajstić information content (AvgIpc) is 2.56. The number of carbonyl (C=O) groups is 2. The fourth-order valence-corrected chi connectivity index (χ4v) is 3.03. The van der Waals surface area contributed by atoms with Crippen molar-refractivity contribution in [3.05, 3.63) is 54.1 Å². The van der Waals surface area contributed by atoms with E-state index in [4.69, 9.17) is 0 Å². The van der Waals surface area contributed by atoms with Gasteiger partial charge in [-0.05, 0) is 35.9 Å². The van der Waals surface area contributed by atoms with E-state index in [9.17, 15) is 14.7 Å². The highest BCUT2D eigenvalue weighted by atomic mass is 16.3. The molecule has 1 unspecified atom stereocenters. The monoisotopic (exact) mass is 339 g/mol. The average molecular weight is 339 g/mol. The fraction of sp³-hybridized carbons (Fsp3) is 0.263. The SMILES string of the molecule is CC(=O)Nc1ccc(NC(=O)CN2CC(O)Cc3ccccc32)cc1. The summed E-state index contributed by atoms with van der Waals surface area (Å²) in [5, 5.41) is 15.5. The van der Waals surface area contributed by atoms with Gasteiger partial charge in [-0.15, -0.1) is 0 Å². The number of aliphatic hydroxyl groups is 1. The highest BCUT2D eigenvalue weighted by molar-refractivity contribution is 5.95. The van der Waals surface area contributed by atoms with E-state index in [-0.39, 0.29) is 18.4 Å². The van der Waals surface area contributed by atoms with Crippen molar-refractivity contribution >= 4 is 28.9 Å². The van der Waals surface area contributed by atoms with Gasteiger partial charge in [0.1, 0.15) is 0 Å². The first-order chi connectivity index (χ1) is 12.0. The van der Waals surface area contributed by atoms with Crippen molar-refractivity contribution in [1.82, 2.24) is 0 Å². The predicted molar refractivity (Wildman–Crippen MR) is 97.7 cm³/mol. The quantitative estimate of drug-likeness (QED) is 0.796. The third-order valence-electron chi connectivity index (χ3n) is 4.04. The number of aliphatic hydroxyl groups excluding tert-OH is 1. The lowest BCUT2D eigenvalue weighted by Gasteiger charge is -2.33. The molecule has 1 aliphatic heterocycles. The number of rotatable bonds is 4. The summed E-state index contributed by atoms with van der Waals surface area (Å²) in [5.74, 6) is -0.296. The Labute approximate surface area is 146 Å². The molecule has 2 aromatic carbocycles. The van der Waals surface area contributed by atoms with Crippen molar-refractivity contribution in [3.8, 4) is 0 Å². The number of anilines is 3. The third kappa shape index (κ3) is 4.36. The van der Waals surface area contributed by atoms with Gasteiger partial charge in [-0.1, -0.05) is 18.2 Å². The molecule has 0 aromatic heterocycles. The number of hydrogen-bond donors (Lipinski definition) is 3. The number of β-amino-alcohol motifs (C(OH)–C–C–N with tert-alkyl or cyclic N) is 1. The Hall–Kier alpha value is -2.86. The molecule has 0 fully saturated rings. The Kier molecular flexibility index (Phi) is 5.00. The van der Waals surface area contributed by atoms with Crippen LogP contribution in [0.25, 0.3) is 0 Å². The Morgan fingerprint density at radius 3 is 2.40 bits per heavy atom. The molecule has 1 heterocycles. The number of benzene rings is 2. The maximum Gasteiger partial charge on any atom is 0.243 e. The van der Waals surface area contributed by atoms with Crippen LogP contribution in [0.2, 0.25) is 0 Å². The molecule has 2 amide bonds. The van der Waals surface area contributed by atoms with Crippen LogP contribution in [0.5, 0.6) is 0 Å². The molecule has 6 heteroatoms. The Bertz CT molecular complexity index is 774. The molecule has 0 radical (unpaired) electrons. The van der Waals surface area contributed by atoms with E-state index in [0.717, 1.165) is 11.3 Å².